The average Bonchev–Trinajstić information content (AvgIpc) is 3.03. The van der Waals surface area contributed by atoms with Crippen LogP contribution in [-0.2, 0) is 20.0 Å². The first-order valence-corrected chi connectivity index (χ1v) is 10.1. The van der Waals surface area contributed by atoms with Crippen LogP contribution in [0.2, 0.25) is 0 Å². The van der Waals surface area contributed by atoms with Crippen LogP contribution in [0.25, 0.3) is 0 Å². The van der Waals surface area contributed by atoms with Gasteiger partial charge in [0.05, 0.1) is 0 Å². The van der Waals surface area contributed by atoms with E-state index in [1.165, 1.54) is 0 Å². The first-order chi connectivity index (χ1) is 13.9. The lowest BCUT2D eigenvalue weighted by Gasteiger charge is -2.13. The molecule has 8 heteroatoms. The molecule has 0 unspecified atom stereocenters. The normalized spacial score (nSPS) is 11.4. The molecule has 1 amide bonds. The van der Waals surface area contributed by atoms with Crippen molar-refractivity contribution in [3.05, 3.63) is 47.0 Å². The minimum Gasteiger partial charge on any atom is -0.356 e. The molecule has 0 radical (unpaired) electrons. The molecule has 1 aromatic carbocycles. The largest absolute Gasteiger partial charge is 0.356 e. The molecule has 158 valence electrons. The number of aliphatic imine (C=N–C) groups is 1. The van der Waals surface area contributed by atoms with Gasteiger partial charge < -0.3 is 20.1 Å². The number of nitrogens with zero attached hydrogens (tertiary/aromatic N) is 5. The Morgan fingerprint density at radius 3 is 2.62 bits per heavy atom. The van der Waals surface area contributed by atoms with Gasteiger partial charge in [-0.25, -0.2) is 4.99 Å². The number of rotatable bonds is 9. The predicted octanol–water partition coefficient (Wildman–Crippen LogP) is 1.90. The fourth-order valence-electron chi connectivity index (χ4n) is 2.74. The summed E-state index contributed by atoms with van der Waals surface area (Å²) in [5, 5.41) is 15.0. The quantitative estimate of drug-likeness (QED) is 0.382. The molecule has 0 aliphatic carbocycles. The molecule has 2 N–H and O–H groups in total. The number of guanidine groups is 1. The van der Waals surface area contributed by atoms with Crippen molar-refractivity contribution < 1.29 is 4.79 Å². The minimum atomic E-state index is 0.0160. The number of aryl methyl sites for hydroxylation is 1. The van der Waals surface area contributed by atoms with Crippen LogP contribution in [0, 0.1) is 6.92 Å². The Hall–Kier alpha value is -2.90. The van der Waals surface area contributed by atoms with E-state index in [0.29, 0.717) is 12.1 Å². The lowest BCUT2D eigenvalue weighted by Crippen LogP contribution is -2.39. The van der Waals surface area contributed by atoms with Gasteiger partial charge in [0.15, 0.2) is 11.8 Å². The molecule has 0 atom stereocenters. The smallest absolute Gasteiger partial charge is 0.253 e. The first-order valence-electron chi connectivity index (χ1n) is 10.1. The molecular weight excluding hydrogens is 366 g/mol. The van der Waals surface area contributed by atoms with Crippen LogP contribution in [0.1, 0.15) is 47.3 Å². The van der Waals surface area contributed by atoms with E-state index in [1.807, 2.05) is 42.8 Å². The van der Waals surface area contributed by atoms with Crippen molar-refractivity contribution >= 4 is 11.9 Å². The summed E-state index contributed by atoms with van der Waals surface area (Å²) in [6.45, 7) is 6.14. The van der Waals surface area contributed by atoms with Crippen molar-refractivity contribution in [1.29, 1.82) is 0 Å². The molecule has 0 saturated carbocycles. The molecule has 0 aliphatic rings. The van der Waals surface area contributed by atoms with Gasteiger partial charge in [-0.15, -0.1) is 10.2 Å². The Bertz CT molecular complexity index is 826. The number of hydrogen-bond acceptors (Lipinski definition) is 4. The highest BCUT2D eigenvalue weighted by molar-refractivity contribution is 5.94. The van der Waals surface area contributed by atoms with E-state index >= 15 is 0 Å². The molecule has 0 fully saturated rings. The monoisotopic (exact) mass is 399 g/mol. The van der Waals surface area contributed by atoms with Crippen molar-refractivity contribution in [2.75, 3.05) is 27.2 Å². The zero-order chi connectivity index (χ0) is 21.2. The van der Waals surface area contributed by atoms with Crippen LogP contribution in [-0.4, -0.2) is 58.7 Å². The molecule has 2 rings (SSSR count). The number of aromatic nitrogens is 3. The molecule has 1 heterocycles. The SMILES string of the molecule is CCCCNC(=NCc1nnc(C)n1C)NCCc1cccc(C(=O)N(C)C)c1. The fourth-order valence-corrected chi connectivity index (χ4v) is 2.74. The summed E-state index contributed by atoms with van der Waals surface area (Å²) in [5.41, 5.74) is 1.82. The molecule has 0 saturated heterocycles. The van der Waals surface area contributed by atoms with Gasteiger partial charge in [0.1, 0.15) is 12.4 Å². The number of carbonyl (C=O) groups excluding carboxylic acids is 1. The molecule has 0 bridgehead atoms. The first kappa shape index (κ1) is 22.4. The summed E-state index contributed by atoms with van der Waals surface area (Å²) in [4.78, 5) is 18.4. The third kappa shape index (κ3) is 6.89. The number of unbranched alkanes of at least 4 members (excludes halogenated alkanes) is 1. The van der Waals surface area contributed by atoms with Crippen LogP contribution in [0.5, 0.6) is 0 Å². The standard InChI is InChI=1S/C21H33N7O/c1-6-7-12-22-21(24-15-19-26-25-16(2)28(19)5)23-13-11-17-9-8-10-18(14-17)20(29)27(3)4/h8-10,14H,6-7,11-13,15H2,1-5H3,(H2,22,23,24). The third-order valence-electron chi connectivity index (χ3n) is 4.67. The van der Waals surface area contributed by atoms with Gasteiger partial charge in [-0.3, -0.25) is 4.79 Å². The van der Waals surface area contributed by atoms with E-state index in [1.54, 1.807) is 19.0 Å². The van der Waals surface area contributed by atoms with Crippen molar-refractivity contribution in [3.8, 4) is 0 Å². The highest BCUT2D eigenvalue weighted by atomic mass is 16.2. The van der Waals surface area contributed by atoms with Crippen molar-refractivity contribution in [3.63, 3.8) is 0 Å². The molecule has 2 aromatic rings. The average molecular weight is 400 g/mol. The van der Waals surface area contributed by atoms with E-state index in [9.17, 15) is 4.79 Å². The Morgan fingerprint density at radius 1 is 1.21 bits per heavy atom. The Morgan fingerprint density at radius 2 is 1.97 bits per heavy atom. The number of benzene rings is 1. The van der Waals surface area contributed by atoms with Crippen LogP contribution < -0.4 is 10.6 Å². The second kappa shape index (κ2) is 11.2. The number of amides is 1. The van der Waals surface area contributed by atoms with E-state index in [0.717, 1.165) is 55.5 Å². The van der Waals surface area contributed by atoms with Gasteiger partial charge in [0.25, 0.3) is 5.91 Å². The van der Waals surface area contributed by atoms with Crippen LogP contribution in [0.3, 0.4) is 0 Å². The highest BCUT2D eigenvalue weighted by Crippen LogP contribution is 2.08. The number of carbonyl (C=O) groups is 1. The zero-order valence-corrected chi connectivity index (χ0v) is 18.2. The van der Waals surface area contributed by atoms with Gasteiger partial charge in [-0.2, -0.15) is 0 Å². The number of nitrogens with one attached hydrogen (secondary N) is 2. The number of hydrogen-bond donors (Lipinski definition) is 2. The van der Waals surface area contributed by atoms with Crippen LogP contribution in [0.15, 0.2) is 29.3 Å². The lowest BCUT2D eigenvalue weighted by atomic mass is 10.1. The topological polar surface area (TPSA) is 87.4 Å². The summed E-state index contributed by atoms with van der Waals surface area (Å²) in [7, 11) is 5.47. The van der Waals surface area contributed by atoms with Crippen LogP contribution >= 0.6 is 0 Å². The lowest BCUT2D eigenvalue weighted by molar-refractivity contribution is 0.0827. The van der Waals surface area contributed by atoms with E-state index in [-0.39, 0.29) is 5.91 Å². The zero-order valence-electron chi connectivity index (χ0n) is 18.2. The van der Waals surface area contributed by atoms with Gasteiger partial charge in [-0.05, 0) is 37.5 Å². The summed E-state index contributed by atoms with van der Waals surface area (Å²) in [5.74, 6) is 2.48. The van der Waals surface area contributed by atoms with Gasteiger partial charge in [0, 0.05) is 39.8 Å². The van der Waals surface area contributed by atoms with E-state index < -0.39 is 0 Å². The molecular formula is C21H33N7O. The van der Waals surface area contributed by atoms with Gasteiger partial charge in [-0.1, -0.05) is 25.5 Å². The second-order valence-corrected chi connectivity index (χ2v) is 7.24. The predicted molar refractivity (Wildman–Crippen MR) is 116 cm³/mol. The fraction of sp³-hybridized carbons (Fsp3) is 0.524. The molecule has 8 nitrogen and oxygen atoms in total. The maximum Gasteiger partial charge on any atom is 0.253 e. The van der Waals surface area contributed by atoms with Crippen molar-refractivity contribution in [2.24, 2.45) is 12.0 Å². The van der Waals surface area contributed by atoms with E-state index in [2.05, 4.69) is 32.7 Å². The summed E-state index contributed by atoms with van der Waals surface area (Å²) in [6, 6.07) is 7.77. The Kier molecular flexibility index (Phi) is 8.64. The minimum absolute atomic E-state index is 0.0160. The van der Waals surface area contributed by atoms with Gasteiger partial charge >= 0.3 is 0 Å². The summed E-state index contributed by atoms with van der Waals surface area (Å²) in [6.07, 6.45) is 3.00. The highest BCUT2D eigenvalue weighted by Gasteiger charge is 2.08. The Balaban J connectivity index is 1.96. The van der Waals surface area contributed by atoms with E-state index in [4.69, 9.17) is 0 Å². The summed E-state index contributed by atoms with van der Waals surface area (Å²) < 4.78 is 1.94. The summed E-state index contributed by atoms with van der Waals surface area (Å²) >= 11 is 0. The van der Waals surface area contributed by atoms with Crippen molar-refractivity contribution in [2.45, 2.75) is 39.7 Å². The maximum atomic E-state index is 12.1. The Labute approximate surface area is 173 Å². The molecule has 0 aliphatic heterocycles. The third-order valence-corrected chi connectivity index (χ3v) is 4.67. The van der Waals surface area contributed by atoms with Crippen molar-refractivity contribution in [1.82, 2.24) is 30.3 Å². The molecule has 1 aromatic heterocycles. The van der Waals surface area contributed by atoms with Gasteiger partial charge in [0.2, 0.25) is 0 Å². The maximum absolute atomic E-state index is 12.1. The van der Waals surface area contributed by atoms with Crippen LogP contribution in [0.4, 0.5) is 0 Å². The molecule has 0 spiro atoms. The molecule has 29 heavy (non-hydrogen) atoms. The second-order valence-electron chi connectivity index (χ2n) is 7.24.